The van der Waals surface area contributed by atoms with Crippen LogP contribution in [0.25, 0.3) is 16.9 Å². The van der Waals surface area contributed by atoms with E-state index >= 15 is 8.78 Å². The molecular formula is C30H31F5N6O3S. The van der Waals surface area contributed by atoms with Crippen LogP contribution in [0.3, 0.4) is 0 Å². The summed E-state index contributed by atoms with van der Waals surface area (Å²) in [6, 6.07) is 12.6. The van der Waals surface area contributed by atoms with Crippen molar-refractivity contribution < 1.29 is 35.1 Å². The van der Waals surface area contributed by atoms with Crippen LogP contribution < -0.4 is 14.8 Å². The van der Waals surface area contributed by atoms with E-state index in [-0.39, 0.29) is 45.5 Å². The maximum atomic E-state index is 15.8. The van der Waals surface area contributed by atoms with E-state index < -0.39 is 40.6 Å². The maximum absolute atomic E-state index is 15.8. The number of fused-ring (bicyclic) bond motifs is 6. The number of nitrogens with one attached hydrogen (secondary N) is 2. The standard InChI is InChI=1S/C30H31F5N6O3S/c1-28(2,30(33,34)35)19-44-26-13-17-41(39-26)23-10-11-24-38-27(23)21-8-4-5-9-22(21)29(31,32)14-6-3-7-15-36-25-18-20(12-16-37-25)45(42,43)40-24/h4-5,8-13,16-18H,3,6-7,14-15,19H2,1-2H3,(H,36,37)(H,38,40). The Morgan fingerprint density at radius 1 is 1.00 bits per heavy atom. The fourth-order valence-electron chi connectivity index (χ4n) is 4.63. The fourth-order valence-corrected chi connectivity index (χ4v) is 5.64. The Labute approximate surface area is 256 Å². The zero-order valence-electron chi connectivity index (χ0n) is 24.4. The van der Waals surface area contributed by atoms with E-state index in [0.717, 1.165) is 13.8 Å². The van der Waals surface area contributed by atoms with E-state index in [4.69, 9.17) is 4.74 Å². The number of rotatable bonds is 4. The van der Waals surface area contributed by atoms with Crippen LogP contribution in [0, 0.1) is 5.41 Å². The summed E-state index contributed by atoms with van der Waals surface area (Å²) in [5.74, 6) is -3.23. The highest BCUT2D eigenvalue weighted by Gasteiger charge is 2.48. The predicted molar refractivity (Wildman–Crippen MR) is 158 cm³/mol. The van der Waals surface area contributed by atoms with E-state index in [1.165, 1.54) is 65.6 Å². The van der Waals surface area contributed by atoms with E-state index in [2.05, 4.69) is 25.1 Å². The van der Waals surface area contributed by atoms with Crippen molar-refractivity contribution >= 4 is 21.7 Å². The second-order valence-corrected chi connectivity index (χ2v) is 13.0. The highest BCUT2D eigenvalue weighted by Crippen LogP contribution is 2.41. The number of sulfonamides is 1. The lowest BCUT2D eigenvalue weighted by atomic mass is 9.94. The molecule has 45 heavy (non-hydrogen) atoms. The number of nitrogens with zero attached hydrogens (tertiary/aromatic N) is 4. The highest BCUT2D eigenvalue weighted by molar-refractivity contribution is 7.92. The number of halogens is 5. The van der Waals surface area contributed by atoms with Gasteiger partial charge in [0.15, 0.2) is 0 Å². The number of aromatic nitrogens is 4. The molecule has 4 bridgehead atoms. The Kier molecular flexibility index (Phi) is 8.75. The van der Waals surface area contributed by atoms with Crippen LogP contribution in [0.4, 0.5) is 33.6 Å². The number of pyridine rings is 2. The van der Waals surface area contributed by atoms with Crippen molar-refractivity contribution in [2.24, 2.45) is 5.41 Å². The summed E-state index contributed by atoms with van der Waals surface area (Å²) in [5.41, 5.74) is -2.30. The first-order chi connectivity index (χ1) is 21.2. The second kappa shape index (κ2) is 12.3. The topological polar surface area (TPSA) is 111 Å². The van der Waals surface area contributed by atoms with Crippen LogP contribution in [0.1, 0.15) is 45.1 Å². The summed E-state index contributed by atoms with van der Waals surface area (Å²) < 4.78 is 107. The normalized spacial score (nSPS) is 16.9. The molecule has 240 valence electrons. The molecule has 2 N–H and O–H groups in total. The van der Waals surface area contributed by atoms with E-state index in [1.807, 2.05) is 0 Å². The van der Waals surface area contributed by atoms with Crippen molar-refractivity contribution in [3.63, 3.8) is 0 Å². The van der Waals surface area contributed by atoms with E-state index in [1.54, 1.807) is 6.07 Å². The molecule has 0 saturated carbocycles. The third-order valence-corrected chi connectivity index (χ3v) is 8.72. The van der Waals surface area contributed by atoms with Gasteiger partial charge in [0.1, 0.15) is 18.2 Å². The second-order valence-electron chi connectivity index (χ2n) is 11.3. The molecule has 1 aliphatic heterocycles. The zero-order valence-corrected chi connectivity index (χ0v) is 25.2. The Balaban J connectivity index is 1.60. The number of benzene rings is 1. The lowest BCUT2D eigenvalue weighted by molar-refractivity contribution is -0.219. The average Bonchev–Trinajstić information content (AvgIpc) is 3.46. The van der Waals surface area contributed by atoms with Crippen LogP contribution in [0.2, 0.25) is 0 Å². The van der Waals surface area contributed by atoms with Gasteiger partial charge in [0.25, 0.3) is 15.9 Å². The molecule has 0 saturated heterocycles. The molecule has 0 unspecified atom stereocenters. The summed E-state index contributed by atoms with van der Waals surface area (Å²) in [5, 5.41) is 7.25. The summed E-state index contributed by atoms with van der Waals surface area (Å²) in [6.07, 6.45) is -0.944. The van der Waals surface area contributed by atoms with Crippen molar-refractivity contribution in [1.82, 2.24) is 19.7 Å². The lowest BCUT2D eigenvalue weighted by Crippen LogP contribution is -2.37. The van der Waals surface area contributed by atoms with Gasteiger partial charge in [-0.3, -0.25) is 4.72 Å². The van der Waals surface area contributed by atoms with Crippen molar-refractivity contribution in [3.8, 4) is 22.8 Å². The average molecular weight is 651 g/mol. The molecule has 0 atom stereocenters. The Hall–Kier alpha value is -4.27. The molecule has 4 heterocycles. The third kappa shape index (κ3) is 7.18. The van der Waals surface area contributed by atoms with E-state index in [0.29, 0.717) is 25.2 Å². The Morgan fingerprint density at radius 3 is 2.56 bits per heavy atom. The van der Waals surface area contributed by atoms with Gasteiger partial charge in [-0.25, -0.2) is 31.8 Å². The van der Waals surface area contributed by atoms with Crippen LogP contribution >= 0.6 is 0 Å². The Morgan fingerprint density at radius 2 is 1.78 bits per heavy atom. The van der Waals surface area contributed by atoms with Crippen molar-refractivity contribution in [1.29, 1.82) is 0 Å². The number of alkyl halides is 5. The summed E-state index contributed by atoms with van der Waals surface area (Å²) >= 11 is 0. The van der Waals surface area contributed by atoms with Gasteiger partial charge < -0.3 is 10.1 Å². The lowest BCUT2D eigenvalue weighted by Gasteiger charge is -2.26. The van der Waals surface area contributed by atoms with Gasteiger partial charge >= 0.3 is 6.18 Å². The smallest absolute Gasteiger partial charge is 0.397 e. The monoisotopic (exact) mass is 650 g/mol. The van der Waals surface area contributed by atoms with Gasteiger partial charge in [-0.15, -0.1) is 5.10 Å². The van der Waals surface area contributed by atoms with E-state index in [9.17, 15) is 21.6 Å². The summed E-state index contributed by atoms with van der Waals surface area (Å²) in [4.78, 5) is 8.52. The molecular weight excluding hydrogens is 619 g/mol. The van der Waals surface area contributed by atoms with Gasteiger partial charge in [-0.1, -0.05) is 30.7 Å². The molecule has 1 aliphatic rings. The largest absolute Gasteiger partial charge is 0.476 e. The Bertz CT molecular complexity index is 1780. The number of hydrogen-bond acceptors (Lipinski definition) is 7. The maximum Gasteiger partial charge on any atom is 0.397 e. The summed E-state index contributed by atoms with van der Waals surface area (Å²) in [7, 11) is -4.17. The molecule has 3 aromatic heterocycles. The quantitative estimate of drug-likeness (QED) is 0.225. The molecule has 1 aromatic carbocycles. The first-order valence-corrected chi connectivity index (χ1v) is 15.6. The van der Waals surface area contributed by atoms with Crippen molar-refractivity contribution in [2.75, 3.05) is 23.2 Å². The minimum Gasteiger partial charge on any atom is -0.476 e. The SMILES string of the molecule is CC(C)(COc1ccn(-c2ccc3nc2-c2ccccc2C(F)(F)CCCCCNc2cc(ccn2)S(=O)(=O)N3)n1)C(F)(F)F. The molecule has 15 heteroatoms. The highest BCUT2D eigenvalue weighted by atomic mass is 32.2. The minimum atomic E-state index is -4.52. The van der Waals surface area contributed by atoms with Gasteiger partial charge in [-0.2, -0.15) is 13.2 Å². The van der Waals surface area contributed by atoms with Gasteiger partial charge in [0.2, 0.25) is 5.88 Å². The third-order valence-electron chi connectivity index (χ3n) is 7.36. The van der Waals surface area contributed by atoms with Crippen LogP contribution in [0.5, 0.6) is 5.88 Å². The first kappa shape index (κ1) is 32.1. The predicted octanol–water partition coefficient (Wildman–Crippen LogP) is 7.18. The molecule has 9 nitrogen and oxygen atoms in total. The molecule has 0 fully saturated rings. The van der Waals surface area contributed by atoms with Crippen LogP contribution in [-0.4, -0.2) is 47.5 Å². The number of ether oxygens (including phenoxy) is 1. The fraction of sp³-hybridized carbons (Fsp3) is 0.367. The zero-order chi connectivity index (χ0) is 32.5. The van der Waals surface area contributed by atoms with Crippen molar-refractivity contribution in [2.45, 2.75) is 56.5 Å². The molecule has 5 rings (SSSR count). The van der Waals surface area contributed by atoms with Gasteiger partial charge in [0, 0.05) is 48.6 Å². The molecule has 0 amide bonds. The minimum absolute atomic E-state index is 0.0304. The molecule has 0 aliphatic carbocycles. The van der Waals surface area contributed by atoms with Gasteiger partial charge in [0.05, 0.1) is 21.7 Å². The van der Waals surface area contributed by atoms with Crippen LogP contribution in [-0.2, 0) is 15.9 Å². The van der Waals surface area contributed by atoms with Gasteiger partial charge in [-0.05, 0) is 44.9 Å². The first-order valence-electron chi connectivity index (χ1n) is 14.1. The van der Waals surface area contributed by atoms with Crippen molar-refractivity contribution in [3.05, 3.63) is 72.6 Å². The summed E-state index contributed by atoms with van der Waals surface area (Å²) in [6.45, 7) is 1.70. The molecule has 4 aromatic rings. The molecule has 0 radical (unpaired) electrons. The van der Waals surface area contributed by atoms with Crippen LogP contribution in [0.15, 0.2) is 71.9 Å². The number of anilines is 2. The molecule has 0 spiro atoms. The number of hydrogen-bond donors (Lipinski definition) is 2.